The Hall–Kier alpha value is -8.44. The number of carbonyl (C=O) groups is 14. The van der Waals surface area contributed by atoms with Crippen LogP contribution in [0.25, 0.3) is 0 Å². The molecule has 34 heteroatoms. The number of nitrogens with one attached hydrogen (secondary N) is 12. The minimum Gasteiger partial charge on any atom is -0.481 e. The van der Waals surface area contributed by atoms with Crippen LogP contribution in [0, 0.1) is 5.92 Å². The largest absolute Gasteiger partial charge is 0.481 e. The summed E-state index contributed by atoms with van der Waals surface area (Å²) in [6.45, 7) is 3.99. The van der Waals surface area contributed by atoms with Crippen molar-refractivity contribution < 1.29 is 87.2 Å². The van der Waals surface area contributed by atoms with Crippen LogP contribution in [0.5, 0.6) is 0 Å². The highest BCUT2D eigenvalue weighted by atomic mass is 16.5. The van der Waals surface area contributed by atoms with Crippen LogP contribution in [-0.4, -0.2) is 205 Å². The van der Waals surface area contributed by atoms with Gasteiger partial charge in [0.1, 0.15) is 61.0 Å². The number of aliphatic hydroxyl groups excluding tert-OH is 2. The molecule has 486 valence electrons. The zero-order valence-electron chi connectivity index (χ0n) is 49.1. The van der Waals surface area contributed by atoms with Gasteiger partial charge in [-0.3, -0.25) is 67.1 Å². The fourth-order valence-corrected chi connectivity index (χ4v) is 8.43. The van der Waals surface area contributed by atoms with Gasteiger partial charge in [0.2, 0.25) is 70.9 Å². The van der Waals surface area contributed by atoms with Crippen molar-refractivity contribution in [1.29, 1.82) is 0 Å². The van der Waals surface area contributed by atoms with Crippen molar-refractivity contribution in [2.75, 3.05) is 44.6 Å². The van der Waals surface area contributed by atoms with Gasteiger partial charge in [-0.15, -0.1) is 0 Å². The molecule has 23 N–H and O–H groups in total. The van der Waals surface area contributed by atoms with E-state index in [2.05, 4.69) is 68.5 Å². The Balaban J connectivity index is 2.42. The van der Waals surface area contributed by atoms with Crippen LogP contribution in [0.3, 0.4) is 0 Å². The van der Waals surface area contributed by atoms with Gasteiger partial charge in [0.15, 0.2) is 0 Å². The molecule has 87 heavy (non-hydrogen) atoms. The number of amides is 12. The Bertz CT molecular complexity index is 2520. The molecule has 1 aliphatic heterocycles. The molecule has 1 aromatic rings. The second-order valence-electron chi connectivity index (χ2n) is 20.8. The standard InChI is InChI=1S/C53H86N16O18/c1-27(2)23-38-51(84)65-34(14-19-55)47(80)64-36(16-21-57)50(83)69-43(28(3)71)52(85)58-22-17-37(49(82)63-33(13-18-54)45(78)59-24-41(75)62-38)66-48(81)35(15-20-56)67-53(86)44(29(4)72)68-40(74)11-10-39(73)61-32(9-12-42(76)77)46(79)60-31-7-5-30(6-8-31)25-87-26-70/h5-8,26-29,32-38,43-44,71-72H,9-25,54-57H2,1-4H3,(H,58,85)(H,59,78)(H,60,79)(H,61,73)(H,62,75)(H,63,82)(H,64,80)(H,65,84)(H,66,81)(H,67,86)(H,68,74)(H,69,83)(H,76,77)/t28?,29-,32?,33?,34-,35+,36-,37+,38-,43?,44?/m0/s1. The second-order valence-corrected chi connectivity index (χ2v) is 20.8. The van der Waals surface area contributed by atoms with E-state index < -0.39 is 182 Å². The first kappa shape index (κ1) is 74.7. The van der Waals surface area contributed by atoms with E-state index in [0.29, 0.717) is 5.56 Å². The SMILES string of the molecule is CC(C)C[C@@H]1NC(=O)CNC(=O)C(CCN)NC(=O)[C@H](NC(=O)[C@@H](CCN)NC(=O)C(NC(=O)CCC(=O)NC(CCC(=O)O)C(=O)Nc2ccc(COC=O)cc2)[C@H](C)O)CCNC(=O)C(C(C)O)NC(=O)[C@H](CCN)NC(=O)[C@H](CCN)NC1=O. The van der Waals surface area contributed by atoms with Crippen molar-refractivity contribution in [1.82, 2.24) is 58.5 Å². The quantitative estimate of drug-likeness (QED) is 0.0331. The van der Waals surface area contributed by atoms with Crippen LogP contribution in [0.2, 0.25) is 0 Å². The zero-order chi connectivity index (χ0) is 65.3. The van der Waals surface area contributed by atoms with E-state index in [1.165, 1.54) is 19.1 Å². The molecule has 5 unspecified atom stereocenters. The maximum Gasteiger partial charge on any atom is 0.303 e. The second kappa shape index (κ2) is 39.3. The Labute approximate surface area is 501 Å². The van der Waals surface area contributed by atoms with Crippen molar-refractivity contribution in [3.63, 3.8) is 0 Å². The fourth-order valence-electron chi connectivity index (χ4n) is 8.43. The van der Waals surface area contributed by atoms with Crippen LogP contribution < -0.4 is 86.7 Å². The lowest BCUT2D eigenvalue weighted by atomic mass is 10.0. The minimum absolute atomic E-state index is 0.0364. The van der Waals surface area contributed by atoms with E-state index in [-0.39, 0.29) is 89.4 Å². The first-order valence-electron chi connectivity index (χ1n) is 28.3. The summed E-state index contributed by atoms with van der Waals surface area (Å²) in [6, 6.07) is -7.72. The molecule has 11 atom stereocenters. The minimum atomic E-state index is -1.80. The van der Waals surface area contributed by atoms with Crippen LogP contribution in [-0.2, 0) is 78.5 Å². The molecule has 1 heterocycles. The van der Waals surface area contributed by atoms with E-state index in [4.69, 9.17) is 22.9 Å². The number of nitrogens with two attached hydrogens (primary N) is 4. The average molecular weight is 1240 g/mol. The molecule has 0 saturated carbocycles. The van der Waals surface area contributed by atoms with Gasteiger partial charge in [0, 0.05) is 31.5 Å². The van der Waals surface area contributed by atoms with E-state index in [1.807, 2.05) is 0 Å². The highest BCUT2D eigenvalue weighted by Crippen LogP contribution is 2.13. The number of rotatable bonds is 29. The van der Waals surface area contributed by atoms with Crippen LogP contribution >= 0.6 is 0 Å². The predicted octanol–water partition coefficient (Wildman–Crippen LogP) is -7.85. The van der Waals surface area contributed by atoms with Crippen LogP contribution in [0.4, 0.5) is 5.69 Å². The van der Waals surface area contributed by atoms with Crippen molar-refractivity contribution in [2.45, 2.75) is 165 Å². The summed E-state index contributed by atoms with van der Waals surface area (Å²) < 4.78 is 4.69. The van der Waals surface area contributed by atoms with Gasteiger partial charge in [0.05, 0.1) is 18.8 Å². The number of carboxylic acids is 1. The molecule has 1 aromatic carbocycles. The third kappa shape index (κ3) is 27.6. The molecular weight excluding hydrogens is 1150 g/mol. The summed E-state index contributed by atoms with van der Waals surface area (Å²) >= 11 is 0. The van der Waals surface area contributed by atoms with Gasteiger partial charge < -0.3 is 107 Å². The number of aliphatic carboxylic acids is 1. The van der Waals surface area contributed by atoms with Gasteiger partial charge >= 0.3 is 5.97 Å². The van der Waals surface area contributed by atoms with E-state index in [0.717, 1.165) is 6.92 Å². The monoisotopic (exact) mass is 1230 g/mol. The van der Waals surface area contributed by atoms with E-state index in [1.54, 1.807) is 26.0 Å². The fraction of sp³-hybridized carbons (Fsp3) is 0.623. The van der Waals surface area contributed by atoms with Gasteiger partial charge in [0.25, 0.3) is 6.47 Å². The van der Waals surface area contributed by atoms with Crippen molar-refractivity contribution in [2.24, 2.45) is 28.9 Å². The molecule has 0 bridgehead atoms. The smallest absolute Gasteiger partial charge is 0.303 e. The van der Waals surface area contributed by atoms with Crippen molar-refractivity contribution in [3.05, 3.63) is 29.8 Å². The zero-order valence-corrected chi connectivity index (χ0v) is 49.1. The number of benzene rings is 1. The highest BCUT2D eigenvalue weighted by molar-refractivity contribution is 6.00. The lowest BCUT2D eigenvalue weighted by molar-refractivity contribution is -0.138. The lowest BCUT2D eigenvalue weighted by Crippen LogP contribution is -2.61. The van der Waals surface area contributed by atoms with E-state index >= 15 is 0 Å². The summed E-state index contributed by atoms with van der Waals surface area (Å²) in [7, 11) is 0. The van der Waals surface area contributed by atoms with Crippen LogP contribution in [0.1, 0.15) is 97.5 Å². The molecule has 34 nitrogen and oxygen atoms in total. The normalized spacial score (nSPS) is 21.2. The number of aliphatic hydroxyl groups is 2. The maximum absolute atomic E-state index is 14.2. The van der Waals surface area contributed by atoms with Gasteiger partial charge in [-0.1, -0.05) is 26.0 Å². The summed E-state index contributed by atoms with van der Waals surface area (Å²) in [5.41, 5.74) is 24.0. The first-order chi connectivity index (χ1) is 41.2. The number of anilines is 1. The molecule has 1 saturated heterocycles. The third-order valence-corrected chi connectivity index (χ3v) is 13.1. The topological polar surface area (TPSA) is 557 Å². The molecule has 2 rings (SSSR count). The molecule has 0 radical (unpaired) electrons. The molecule has 0 aliphatic carbocycles. The Morgan fingerprint density at radius 2 is 1.16 bits per heavy atom. The first-order valence-corrected chi connectivity index (χ1v) is 28.3. The van der Waals surface area contributed by atoms with E-state index in [9.17, 15) is 82.4 Å². The van der Waals surface area contributed by atoms with Crippen LogP contribution in [0.15, 0.2) is 24.3 Å². The Morgan fingerprint density at radius 3 is 1.69 bits per heavy atom. The number of ether oxygens (including phenoxy) is 1. The molecule has 0 spiro atoms. The summed E-state index contributed by atoms with van der Waals surface area (Å²) in [5.74, 6) is -13.0. The van der Waals surface area contributed by atoms with Gasteiger partial charge in [-0.2, -0.15) is 0 Å². The average Bonchev–Trinajstić information content (AvgIpc) is 3.56. The summed E-state index contributed by atoms with van der Waals surface area (Å²) in [4.78, 5) is 185. The molecule has 0 aromatic heterocycles. The number of carboxylic acid groups (broad SMARTS) is 1. The molecule has 12 amide bonds. The third-order valence-electron chi connectivity index (χ3n) is 13.1. The number of hydrogen-bond donors (Lipinski definition) is 19. The summed E-state index contributed by atoms with van der Waals surface area (Å²) in [5, 5.41) is 59.8. The summed E-state index contributed by atoms with van der Waals surface area (Å²) in [6.07, 6.45) is -6.74. The molecule has 1 fully saturated rings. The molecular formula is C53H86N16O18. The Morgan fingerprint density at radius 1 is 0.621 bits per heavy atom. The molecule has 1 aliphatic rings. The predicted molar refractivity (Wildman–Crippen MR) is 308 cm³/mol. The number of carbonyl (C=O) groups excluding carboxylic acids is 13. The lowest BCUT2D eigenvalue weighted by Gasteiger charge is -2.28. The van der Waals surface area contributed by atoms with Gasteiger partial charge in [-0.05, 0) is 109 Å². The van der Waals surface area contributed by atoms with Crippen molar-refractivity contribution in [3.8, 4) is 0 Å². The van der Waals surface area contributed by atoms with Crippen molar-refractivity contribution >= 4 is 89.0 Å². The number of hydrogen-bond acceptors (Lipinski definition) is 21. The maximum atomic E-state index is 14.2. The Kier molecular flexibility index (Phi) is 33.7. The highest BCUT2D eigenvalue weighted by Gasteiger charge is 2.36. The van der Waals surface area contributed by atoms with Gasteiger partial charge in [-0.25, -0.2) is 0 Å².